The Morgan fingerprint density at radius 2 is 2.12 bits per heavy atom. The van der Waals surface area contributed by atoms with E-state index in [1.807, 2.05) is 49.3 Å². The van der Waals surface area contributed by atoms with Gasteiger partial charge in [0.05, 0.1) is 18.5 Å². The molecule has 0 spiro atoms. The highest BCUT2D eigenvalue weighted by Gasteiger charge is 2.02. The second kappa shape index (κ2) is 10.4. The van der Waals surface area contributed by atoms with E-state index in [-0.39, 0.29) is 0 Å². The average molecular weight is 345 g/mol. The zero-order chi connectivity index (χ0) is 17.9. The van der Waals surface area contributed by atoms with Crippen molar-refractivity contribution >= 4 is 11.8 Å². The molecular weight excluding hydrogens is 318 g/mol. The minimum Gasteiger partial charge on any atom is -0.467 e. The van der Waals surface area contributed by atoms with Crippen molar-refractivity contribution in [3.05, 3.63) is 48.0 Å². The summed E-state index contributed by atoms with van der Waals surface area (Å²) in [6, 6.07) is 9.75. The van der Waals surface area contributed by atoms with Gasteiger partial charge in [0, 0.05) is 34.3 Å². The number of pyridine rings is 1. The van der Waals surface area contributed by atoms with Crippen molar-refractivity contribution in [3.63, 3.8) is 0 Å². The number of hydrogen-bond acceptors (Lipinski definition) is 5. The molecule has 136 valence electrons. The lowest BCUT2D eigenvalue weighted by molar-refractivity contribution is 0.105. The zero-order valence-corrected chi connectivity index (χ0v) is 15.2. The molecule has 2 heterocycles. The number of aliphatic imine (C=N–C) groups is 1. The molecule has 7 heteroatoms. The van der Waals surface area contributed by atoms with Crippen molar-refractivity contribution in [3.8, 4) is 0 Å². The van der Waals surface area contributed by atoms with Gasteiger partial charge in [-0.25, -0.2) is 4.98 Å². The maximum Gasteiger partial charge on any atom is 0.191 e. The molecule has 0 atom stereocenters. The van der Waals surface area contributed by atoms with E-state index in [1.165, 1.54) is 0 Å². The molecular formula is C18H27N5O2. The normalized spacial score (nSPS) is 11.4. The zero-order valence-electron chi connectivity index (χ0n) is 15.2. The first kappa shape index (κ1) is 18.8. The third-order valence-corrected chi connectivity index (χ3v) is 3.49. The molecule has 2 aromatic rings. The van der Waals surface area contributed by atoms with Crippen LogP contribution >= 0.6 is 0 Å². The molecule has 2 aromatic heterocycles. The SMILES string of the molecule is CN=C(NCCCOCc1ccco1)NCc1cccc(N(C)C)n1. The van der Waals surface area contributed by atoms with Crippen molar-refractivity contribution in [2.24, 2.45) is 4.99 Å². The first-order valence-corrected chi connectivity index (χ1v) is 8.37. The van der Waals surface area contributed by atoms with Gasteiger partial charge in [0.15, 0.2) is 5.96 Å². The molecule has 2 rings (SSSR count). The minimum absolute atomic E-state index is 0.508. The summed E-state index contributed by atoms with van der Waals surface area (Å²) in [4.78, 5) is 10.8. The number of anilines is 1. The van der Waals surface area contributed by atoms with E-state index in [9.17, 15) is 0 Å². The second-order valence-corrected chi connectivity index (χ2v) is 5.72. The minimum atomic E-state index is 0.508. The summed E-state index contributed by atoms with van der Waals surface area (Å²) in [6.45, 7) is 2.57. The number of nitrogens with one attached hydrogen (secondary N) is 2. The molecule has 0 saturated carbocycles. The number of aromatic nitrogens is 1. The Labute approximate surface area is 149 Å². The highest BCUT2D eigenvalue weighted by Crippen LogP contribution is 2.07. The summed E-state index contributed by atoms with van der Waals surface area (Å²) in [5, 5.41) is 6.54. The van der Waals surface area contributed by atoms with Crippen molar-refractivity contribution in [2.45, 2.75) is 19.6 Å². The molecule has 0 aliphatic carbocycles. The highest BCUT2D eigenvalue weighted by molar-refractivity contribution is 5.79. The van der Waals surface area contributed by atoms with Crippen LogP contribution in [0.3, 0.4) is 0 Å². The van der Waals surface area contributed by atoms with Crippen LogP contribution in [-0.2, 0) is 17.9 Å². The molecule has 0 aliphatic rings. The summed E-state index contributed by atoms with van der Waals surface area (Å²) in [6.07, 6.45) is 2.54. The van der Waals surface area contributed by atoms with Crippen LogP contribution in [-0.4, -0.2) is 45.2 Å². The largest absolute Gasteiger partial charge is 0.467 e. The van der Waals surface area contributed by atoms with Crippen LogP contribution in [0.25, 0.3) is 0 Å². The lowest BCUT2D eigenvalue weighted by Gasteiger charge is -2.14. The summed E-state index contributed by atoms with van der Waals surface area (Å²) >= 11 is 0. The number of guanidine groups is 1. The van der Waals surface area contributed by atoms with Gasteiger partial charge in [-0.15, -0.1) is 0 Å². The van der Waals surface area contributed by atoms with Crippen LogP contribution in [0.1, 0.15) is 17.9 Å². The van der Waals surface area contributed by atoms with Crippen molar-refractivity contribution in [1.29, 1.82) is 0 Å². The van der Waals surface area contributed by atoms with E-state index in [1.54, 1.807) is 13.3 Å². The summed E-state index contributed by atoms with van der Waals surface area (Å²) in [7, 11) is 5.72. The molecule has 0 bridgehead atoms. The lowest BCUT2D eigenvalue weighted by atomic mass is 10.3. The Morgan fingerprint density at radius 1 is 1.24 bits per heavy atom. The summed E-state index contributed by atoms with van der Waals surface area (Å²) in [5.41, 5.74) is 0.968. The fourth-order valence-electron chi connectivity index (χ4n) is 2.16. The van der Waals surface area contributed by atoms with E-state index in [4.69, 9.17) is 9.15 Å². The topological polar surface area (TPSA) is 74.9 Å². The first-order chi connectivity index (χ1) is 12.2. The molecule has 0 amide bonds. The smallest absolute Gasteiger partial charge is 0.191 e. The predicted molar refractivity (Wildman–Crippen MR) is 99.7 cm³/mol. The molecule has 0 aromatic carbocycles. The quantitative estimate of drug-likeness (QED) is 0.411. The van der Waals surface area contributed by atoms with Gasteiger partial charge >= 0.3 is 0 Å². The number of ether oxygens (including phenoxy) is 1. The second-order valence-electron chi connectivity index (χ2n) is 5.72. The number of hydrogen-bond donors (Lipinski definition) is 2. The van der Waals surface area contributed by atoms with Gasteiger partial charge < -0.3 is 24.7 Å². The van der Waals surface area contributed by atoms with Gasteiger partial charge in [-0.2, -0.15) is 0 Å². The van der Waals surface area contributed by atoms with Crippen molar-refractivity contribution < 1.29 is 9.15 Å². The fraction of sp³-hybridized carbons (Fsp3) is 0.444. The van der Waals surface area contributed by atoms with Crippen LogP contribution in [0.15, 0.2) is 46.0 Å². The third kappa shape index (κ3) is 6.84. The van der Waals surface area contributed by atoms with E-state index < -0.39 is 0 Å². The third-order valence-electron chi connectivity index (χ3n) is 3.49. The van der Waals surface area contributed by atoms with Gasteiger partial charge in [0.1, 0.15) is 18.2 Å². The molecule has 7 nitrogen and oxygen atoms in total. The molecule has 2 N–H and O–H groups in total. The Kier molecular flexibility index (Phi) is 7.78. The van der Waals surface area contributed by atoms with Gasteiger partial charge in [0.2, 0.25) is 0 Å². The van der Waals surface area contributed by atoms with Crippen LogP contribution < -0.4 is 15.5 Å². The fourth-order valence-corrected chi connectivity index (χ4v) is 2.16. The number of rotatable bonds is 9. The van der Waals surface area contributed by atoms with E-state index in [0.717, 1.165) is 36.2 Å². The molecule has 0 fully saturated rings. The summed E-state index contributed by atoms with van der Waals surface area (Å²) in [5.74, 6) is 2.54. The van der Waals surface area contributed by atoms with Crippen molar-refractivity contribution in [2.75, 3.05) is 39.2 Å². The van der Waals surface area contributed by atoms with Gasteiger partial charge in [0.25, 0.3) is 0 Å². The van der Waals surface area contributed by atoms with E-state index in [0.29, 0.717) is 19.8 Å². The molecule has 0 unspecified atom stereocenters. The molecule has 0 aliphatic heterocycles. The Bertz CT molecular complexity index is 641. The van der Waals surface area contributed by atoms with Gasteiger partial charge in [-0.1, -0.05) is 6.07 Å². The van der Waals surface area contributed by atoms with Crippen LogP contribution in [0, 0.1) is 0 Å². The molecule has 0 radical (unpaired) electrons. The van der Waals surface area contributed by atoms with Crippen molar-refractivity contribution in [1.82, 2.24) is 15.6 Å². The van der Waals surface area contributed by atoms with Gasteiger partial charge in [-0.3, -0.25) is 4.99 Å². The highest BCUT2D eigenvalue weighted by atomic mass is 16.5. The number of nitrogens with zero attached hydrogens (tertiary/aromatic N) is 3. The number of furan rings is 1. The maximum absolute atomic E-state index is 5.55. The average Bonchev–Trinajstić information content (AvgIpc) is 3.14. The van der Waals surface area contributed by atoms with Crippen LogP contribution in [0.5, 0.6) is 0 Å². The van der Waals surface area contributed by atoms with E-state index >= 15 is 0 Å². The summed E-state index contributed by atoms with van der Waals surface area (Å²) < 4.78 is 10.8. The lowest BCUT2D eigenvalue weighted by Crippen LogP contribution is -2.37. The van der Waals surface area contributed by atoms with E-state index in [2.05, 4.69) is 20.6 Å². The predicted octanol–water partition coefficient (Wildman–Crippen LogP) is 2.01. The Hall–Kier alpha value is -2.54. The van der Waals surface area contributed by atoms with Crippen LogP contribution in [0.2, 0.25) is 0 Å². The maximum atomic E-state index is 5.55. The molecule has 0 saturated heterocycles. The monoisotopic (exact) mass is 345 g/mol. The van der Waals surface area contributed by atoms with Crippen LogP contribution in [0.4, 0.5) is 5.82 Å². The Balaban J connectivity index is 1.62. The van der Waals surface area contributed by atoms with Gasteiger partial charge in [-0.05, 0) is 30.7 Å². The standard InChI is InChI=1S/C18H27N5O2/c1-19-18(20-10-6-11-24-14-16-8-5-12-25-16)21-13-15-7-4-9-17(22-15)23(2)3/h4-5,7-9,12H,6,10-11,13-14H2,1-3H3,(H2,19,20,21). The Morgan fingerprint density at radius 3 is 2.84 bits per heavy atom. The first-order valence-electron chi connectivity index (χ1n) is 8.37. The molecule has 25 heavy (non-hydrogen) atoms.